The van der Waals surface area contributed by atoms with Crippen molar-refractivity contribution < 1.29 is 4.74 Å². The summed E-state index contributed by atoms with van der Waals surface area (Å²) in [6, 6.07) is 10.1. The molecule has 0 saturated heterocycles. The molecule has 19 heavy (non-hydrogen) atoms. The Hall–Kier alpha value is -1.52. The summed E-state index contributed by atoms with van der Waals surface area (Å²) in [5.41, 5.74) is 3.91. The third-order valence-electron chi connectivity index (χ3n) is 3.85. The van der Waals surface area contributed by atoms with Crippen molar-refractivity contribution in [3.8, 4) is 11.8 Å². The lowest BCUT2D eigenvalue weighted by Crippen LogP contribution is -2.21. The van der Waals surface area contributed by atoms with Gasteiger partial charge in [-0.2, -0.15) is 0 Å². The minimum Gasteiger partial charge on any atom is -0.364 e. The van der Waals surface area contributed by atoms with E-state index in [-0.39, 0.29) is 6.10 Å². The third-order valence-corrected chi connectivity index (χ3v) is 3.85. The van der Waals surface area contributed by atoms with Crippen molar-refractivity contribution in [1.29, 1.82) is 0 Å². The van der Waals surface area contributed by atoms with Crippen LogP contribution in [0.25, 0.3) is 0 Å². The van der Waals surface area contributed by atoms with Crippen molar-refractivity contribution in [2.45, 2.75) is 39.2 Å². The van der Waals surface area contributed by atoms with Gasteiger partial charge >= 0.3 is 0 Å². The second-order valence-corrected chi connectivity index (χ2v) is 5.28. The SMILES string of the molecule is COC(C#Cc1ccccc1)C1=C(C)CCCC1C. The molecule has 2 atom stereocenters. The maximum atomic E-state index is 5.62. The molecular weight excluding hydrogens is 232 g/mol. The van der Waals surface area contributed by atoms with Crippen molar-refractivity contribution in [2.75, 3.05) is 7.11 Å². The molecule has 0 N–H and O–H groups in total. The van der Waals surface area contributed by atoms with Crippen LogP contribution in [0.1, 0.15) is 38.7 Å². The quantitative estimate of drug-likeness (QED) is 0.568. The molecule has 1 aliphatic carbocycles. The second-order valence-electron chi connectivity index (χ2n) is 5.28. The number of benzene rings is 1. The highest BCUT2D eigenvalue weighted by Gasteiger charge is 2.23. The van der Waals surface area contributed by atoms with Crippen LogP contribution >= 0.6 is 0 Å². The molecule has 1 aliphatic rings. The van der Waals surface area contributed by atoms with Gasteiger partial charge in [-0.25, -0.2) is 0 Å². The molecule has 1 aromatic carbocycles. The molecule has 0 saturated carbocycles. The minimum atomic E-state index is -0.0597. The van der Waals surface area contributed by atoms with Crippen molar-refractivity contribution in [2.24, 2.45) is 5.92 Å². The summed E-state index contributed by atoms with van der Waals surface area (Å²) in [4.78, 5) is 0. The molecule has 0 aliphatic heterocycles. The zero-order valence-electron chi connectivity index (χ0n) is 12.1. The normalized spacial score (nSPS) is 20.7. The van der Waals surface area contributed by atoms with Gasteiger partial charge in [0.15, 0.2) is 0 Å². The first-order chi connectivity index (χ1) is 9.22. The lowest BCUT2D eigenvalue weighted by atomic mass is 9.81. The van der Waals surface area contributed by atoms with Gasteiger partial charge in [0.1, 0.15) is 6.10 Å². The van der Waals surface area contributed by atoms with Crippen LogP contribution in [-0.4, -0.2) is 13.2 Å². The molecule has 2 unspecified atom stereocenters. The number of ether oxygens (including phenoxy) is 1. The Kier molecular flexibility index (Phi) is 4.82. The molecule has 1 heteroatoms. The zero-order valence-corrected chi connectivity index (χ0v) is 12.1. The van der Waals surface area contributed by atoms with Crippen LogP contribution in [0.4, 0.5) is 0 Å². The van der Waals surface area contributed by atoms with Gasteiger partial charge in [0.25, 0.3) is 0 Å². The highest BCUT2D eigenvalue weighted by molar-refractivity contribution is 5.38. The minimum absolute atomic E-state index is 0.0597. The van der Waals surface area contributed by atoms with E-state index in [9.17, 15) is 0 Å². The summed E-state index contributed by atoms with van der Waals surface area (Å²) < 4.78 is 5.62. The predicted molar refractivity (Wildman–Crippen MR) is 79.8 cm³/mol. The number of hydrogen-bond donors (Lipinski definition) is 0. The summed E-state index contributed by atoms with van der Waals surface area (Å²) in [5, 5.41) is 0. The fraction of sp³-hybridized carbons (Fsp3) is 0.444. The van der Waals surface area contributed by atoms with Gasteiger partial charge in [-0.1, -0.05) is 42.5 Å². The van der Waals surface area contributed by atoms with Gasteiger partial charge in [-0.15, -0.1) is 0 Å². The standard InChI is InChI=1S/C18H22O/c1-14-8-7-9-15(2)18(14)17(19-3)13-12-16-10-5-4-6-11-16/h4-6,10-11,14,17H,7-9H2,1-3H3. The Morgan fingerprint density at radius 2 is 2.00 bits per heavy atom. The average molecular weight is 254 g/mol. The first-order valence-electron chi connectivity index (χ1n) is 7.01. The third kappa shape index (κ3) is 3.49. The fourth-order valence-corrected chi connectivity index (χ4v) is 2.81. The molecule has 1 nitrogen and oxygen atoms in total. The van der Waals surface area contributed by atoms with E-state index in [2.05, 4.69) is 25.7 Å². The average Bonchev–Trinajstić information content (AvgIpc) is 2.43. The van der Waals surface area contributed by atoms with Gasteiger partial charge < -0.3 is 4.74 Å². The summed E-state index contributed by atoms with van der Waals surface area (Å²) >= 11 is 0. The van der Waals surface area contributed by atoms with Crippen LogP contribution in [0.15, 0.2) is 41.5 Å². The number of methoxy groups -OCH3 is 1. The van der Waals surface area contributed by atoms with Crippen molar-refractivity contribution in [3.63, 3.8) is 0 Å². The van der Waals surface area contributed by atoms with E-state index in [0.717, 1.165) is 5.56 Å². The predicted octanol–water partition coefficient (Wildman–Crippen LogP) is 4.19. The Morgan fingerprint density at radius 3 is 2.63 bits per heavy atom. The summed E-state index contributed by atoms with van der Waals surface area (Å²) in [6.45, 7) is 4.51. The molecule has 0 fully saturated rings. The second kappa shape index (κ2) is 6.59. The van der Waals surface area contributed by atoms with E-state index in [4.69, 9.17) is 4.74 Å². The maximum Gasteiger partial charge on any atom is 0.139 e. The topological polar surface area (TPSA) is 9.23 Å². The molecule has 0 amide bonds. The summed E-state index contributed by atoms with van der Waals surface area (Å²) in [5.74, 6) is 7.10. The summed E-state index contributed by atoms with van der Waals surface area (Å²) in [7, 11) is 1.76. The molecule has 0 spiro atoms. The van der Waals surface area contributed by atoms with Gasteiger partial charge in [-0.05, 0) is 49.8 Å². The molecule has 2 rings (SSSR count). The lowest BCUT2D eigenvalue weighted by Gasteiger charge is -2.27. The van der Waals surface area contributed by atoms with Gasteiger partial charge in [0.05, 0.1) is 0 Å². The molecule has 100 valence electrons. The Morgan fingerprint density at radius 1 is 1.26 bits per heavy atom. The molecular formula is C18H22O. The first-order valence-corrected chi connectivity index (χ1v) is 7.01. The molecule has 0 radical (unpaired) electrons. The van der Waals surface area contributed by atoms with Crippen LogP contribution in [-0.2, 0) is 4.74 Å². The van der Waals surface area contributed by atoms with E-state index in [1.807, 2.05) is 30.3 Å². The smallest absolute Gasteiger partial charge is 0.139 e. The van der Waals surface area contributed by atoms with Crippen LogP contribution in [0.5, 0.6) is 0 Å². The number of rotatable bonds is 2. The van der Waals surface area contributed by atoms with Gasteiger partial charge in [-0.3, -0.25) is 0 Å². The number of hydrogen-bond acceptors (Lipinski definition) is 1. The van der Waals surface area contributed by atoms with E-state index in [0.29, 0.717) is 5.92 Å². The fourth-order valence-electron chi connectivity index (χ4n) is 2.81. The lowest BCUT2D eigenvalue weighted by molar-refractivity contribution is 0.162. The van der Waals surface area contributed by atoms with E-state index in [1.54, 1.807) is 7.11 Å². The Bertz CT molecular complexity index is 501. The van der Waals surface area contributed by atoms with Crippen LogP contribution in [0, 0.1) is 17.8 Å². The first kappa shape index (κ1) is 13.9. The Labute approximate surface area is 116 Å². The van der Waals surface area contributed by atoms with Crippen LogP contribution in [0.3, 0.4) is 0 Å². The van der Waals surface area contributed by atoms with Crippen molar-refractivity contribution in [1.82, 2.24) is 0 Å². The number of allylic oxidation sites excluding steroid dienone is 1. The van der Waals surface area contributed by atoms with E-state index < -0.39 is 0 Å². The summed E-state index contributed by atoms with van der Waals surface area (Å²) in [6.07, 6.45) is 3.67. The van der Waals surface area contributed by atoms with Crippen LogP contribution < -0.4 is 0 Å². The van der Waals surface area contributed by atoms with Crippen molar-refractivity contribution >= 4 is 0 Å². The zero-order chi connectivity index (χ0) is 13.7. The Balaban J connectivity index is 2.24. The molecule has 1 aromatic rings. The molecule has 0 heterocycles. The van der Waals surface area contributed by atoms with Crippen LogP contribution in [0.2, 0.25) is 0 Å². The maximum absolute atomic E-state index is 5.62. The highest BCUT2D eigenvalue weighted by atomic mass is 16.5. The van der Waals surface area contributed by atoms with Gasteiger partial charge in [0.2, 0.25) is 0 Å². The van der Waals surface area contributed by atoms with Gasteiger partial charge in [0, 0.05) is 12.7 Å². The highest BCUT2D eigenvalue weighted by Crippen LogP contribution is 2.32. The molecule has 0 bridgehead atoms. The molecule has 0 aromatic heterocycles. The van der Waals surface area contributed by atoms with E-state index >= 15 is 0 Å². The largest absolute Gasteiger partial charge is 0.364 e. The monoisotopic (exact) mass is 254 g/mol. The van der Waals surface area contributed by atoms with E-state index in [1.165, 1.54) is 30.4 Å². The van der Waals surface area contributed by atoms with Crippen molar-refractivity contribution in [3.05, 3.63) is 47.0 Å².